The predicted octanol–water partition coefficient (Wildman–Crippen LogP) is 5.60. The second kappa shape index (κ2) is 16.3. The standard InChI is InChI=1S/C19H40O2/c1-3-4-5-6-7-8-9-10-11-12-13-14-15-19(21)17-16-18(2)20/h18-21H,3-17H2,1-2H3. The van der Waals surface area contributed by atoms with Crippen LogP contribution in [-0.2, 0) is 0 Å². The van der Waals surface area contributed by atoms with Gasteiger partial charge in [0, 0.05) is 0 Å². The minimum atomic E-state index is -0.276. The molecule has 2 nitrogen and oxygen atoms in total. The lowest BCUT2D eigenvalue weighted by molar-refractivity contribution is 0.114. The minimum Gasteiger partial charge on any atom is -0.393 e. The van der Waals surface area contributed by atoms with Crippen LogP contribution in [0.25, 0.3) is 0 Å². The fraction of sp³-hybridized carbons (Fsp3) is 1.00. The van der Waals surface area contributed by atoms with E-state index < -0.39 is 0 Å². The molecule has 2 unspecified atom stereocenters. The van der Waals surface area contributed by atoms with Crippen molar-refractivity contribution >= 4 is 0 Å². The maximum atomic E-state index is 9.75. The zero-order valence-electron chi connectivity index (χ0n) is 14.7. The molecule has 0 radical (unpaired) electrons. The van der Waals surface area contributed by atoms with Gasteiger partial charge in [0.1, 0.15) is 0 Å². The Morgan fingerprint density at radius 1 is 0.571 bits per heavy atom. The van der Waals surface area contributed by atoms with Gasteiger partial charge in [-0.2, -0.15) is 0 Å². The van der Waals surface area contributed by atoms with Gasteiger partial charge in [0.2, 0.25) is 0 Å². The Morgan fingerprint density at radius 2 is 1.00 bits per heavy atom. The second-order valence-corrected chi connectivity index (χ2v) is 6.76. The third-order valence-corrected chi connectivity index (χ3v) is 4.31. The molecule has 128 valence electrons. The zero-order chi connectivity index (χ0) is 15.8. The number of aliphatic hydroxyl groups excluding tert-OH is 2. The molecule has 0 aliphatic heterocycles. The molecule has 2 heteroatoms. The van der Waals surface area contributed by atoms with Crippen molar-refractivity contribution in [3.63, 3.8) is 0 Å². The summed E-state index contributed by atoms with van der Waals surface area (Å²) in [5.41, 5.74) is 0. The van der Waals surface area contributed by atoms with E-state index in [1.165, 1.54) is 70.6 Å². The molecule has 0 aromatic heterocycles. The Hall–Kier alpha value is -0.0800. The SMILES string of the molecule is CCCCCCCCCCCCCCC(O)CCC(C)O. The van der Waals surface area contributed by atoms with E-state index in [-0.39, 0.29) is 12.2 Å². The van der Waals surface area contributed by atoms with Gasteiger partial charge in [-0.05, 0) is 26.2 Å². The van der Waals surface area contributed by atoms with Crippen molar-refractivity contribution in [3.8, 4) is 0 Å². The number of rotatable bonds is 16. The van der Waals surface area contributed by atoms with Crippen LogP contribution in [0.2, 0.25) is 0 Å². The van der Waals surface area contributed by atoms with Gasteiger partial charge >= 0.3 is 0 Å². The summed E-state index contributed by atoms with van der Waals surface area (Å²) in [6.45, 7) is 4.06. The van der Waals surface area contributed by atoms with Gasteiger partial charge in [-0.1, -0.05) is 84.0 Å². The number of hydrogen-bond acceptors (Lipinski definition) is 2. The van der Waals surface area contributed by atoms with E-state index in [2.05, 4.69) is 6.92 Å². The predicted molar refractivity (Wildman–Crippen MR) is 92.6 cm³/mol. The van der Waals surface area contributed by atoms with Crippen LogP contribution in [0.4, 0.5) is 0 Å². The van der Waals surface area contributed by atoms with E-state index in [1.807, 2.05) is 0 Å². The highest BCUT2D eigenvalue weighted by Crippen LogP contribution is 2.14. The van der Waals surface area contributed by atoms with Crippen LogP contribution >= 0.6 is 0 Å². The van der Waals surface area contributed by atoms with E-state index in [0.29, 0.717) is 0 Å². The molecule has 0 aliphatic rings. The molecule has 2 atom stereocenters. The van der Waals surface area contributed by atoms with Crippen LogP contribution in [0.1, 0.15) is 110 Å². The molecule has 0 aliphatic carbocycles. The lowest BCUT2D eigenvalue weighted by Crippen LogP contribution is -2.10. The molecule has 0 aromatic carbocycles. The van der Waals surface area contributed by atoms with Crippen LogP contribution in [0.3, 0.4) is 0 Å². The Balaban J connectivity index is 3.08. The molecule has 0 rings (SSSR count). The molecule has 0 spiro atoms. The Bertz CT molecular complexity index is 192. The summed E-state index contributed by atoms with van der Waals surface area (Å²) in [5, 5.41) is 18.9. The maximum absolute atomic E-state index is 9.75. The third-order valence-electron chi connectivity index (χ3n) is 4.31. The summed E-state index contributed by atoms with van der Waals surface area (Å²) >= 11 is 0. The van der Waals surface area contributed by atoms with Gasteiger partial charge in [0.25, 0.3) is 0 Å². The van der Waals surface area contributed by atoms with Crippen molar-refractivity contribution in [2.45, 2.75) is 122 Å². The number of aliphatic hydroxyl groups is 2. The summed E-state index contributed by atoms with van der Waals surface area (Å²) in [4.78, 5) is 0. The van der Waals surface area contributed by atoms with E-state index in [1.54, 1.807) is 6.92 Å². The first-order chi connectivity index (χ1) is 10.2. The molecule has 21 heavy (non-hydrogen) atoms. The van der Waals surface area contributed by atoms with Gasteiger partial charge in [0.15, 0.2) is 0 Å². The van der Waals surface area contributed by atoms with E-state index >= 15 is 0 Å². The number of unbranched alkanes of at least 4 members (excludes halogenated alkanes) is 11. The molecule has 0 saturated carbocycles. The molecule has 0 heterocycles. The van der Waals surface area contributed by atoms with Gasteiger partial charge in [0.05, 0.1) is 12.2 Å². The van der Waals surface area contributed by atoms with Crippen molar-refractivity contribution in [3.05, 3.63) is 0 Å². The lowest BCUT2D eigenvalue weighted by atomic mass is 10.0. The lowest BCUT2D eigenvalue weighted by Gasteiger charge is -2.11. The Kier molecular flexibility index (Phi) is 16.2. The van der Waals surface area contributed by atoms with Crippen molar-refractivity contribution < 1.29 is 10.2 Å². The molecule has 2 N–H and O–H groups in total. The van der Waals surface area contributed by atoms with E-state index in [0.717, 1.165) is 25.7 Å². The van der Waals surface area contributed by atoms with Crippen molar-refractivity contribution in [2.24, 2.45) is 0 Å². The highest BCUT2D eigenvalue weighted by Gasteiger charge is 2.05. The summed E-state index contributed by atoms with van der Waals surface area (Å²) in [7, 11) is 0. The fourth-order valence-electron chi connectivity index (χ4n) is 2.80. The van der Waals surface area contributed by atoms with Gasteiger partial charge in [-0.15, -0.1) is 0 Å². The largest absolute Gasteiger partial charge is 0.393 e. The fourth-order valence-corrected chi connectivity index (χ4v) is 2.80. The molecule has 0 bridgehead atoms. The summed E-state index contributed by atoms with van der Waals surface area (Å²) in [5.74, 6) is 0. The summed E-state index contributed by atoms with van der Waals surface area (Å²) < 4.78 is 0. The number of hydrogen-bond donors (Lipinski definition) is 2. The van der Waals surface area contributed by atoms with Crippen LogP contribution in [0, 0.1) is 0 Å². The smallest absolute Gasteiger partial charge is 0.0541 e. The summed E-state index contributed by atoms with van der Waals surface area (Å²) in [6, 6.07) is 0. The molecule has 0 fully saturated rings. The third kappa shape index (κ3) is 17.9. The molecular weight excluding hydrogens is 260 g/mol. The monoisotopic (exact) mass is 300 g/mol. The Morgan fingerprint density at radius 3 is 1.43 bits per heavy atom. The minimum absolute atomic E-state index is 0.206. The molecular formula is C19H40O2. The van der Waals surface area contributed by atoms with Crippen LogP contribution in [-0.4, -0.2) is 22.4 Å². The first-order valence-corrected chi connectivity index (χ1v) is 9.53. The van der Waals surface area contributed by atoms with E-state index in [4.69, 9.17) is 5.11 Å². The highest BCUT2D eigenvalue weighted by atomic mass is 16.3. The maximum Gasteiger partial charge on any atom is 0.0541 e. The van der Waals surface area contributed by atoms with Gasteiger partial charge in [-0.3, -0.25) is 0 Å². The first-order valence-electron chi connectivity index (χ1n) is 9.53. The summed E-state index contributed by atoms with van der Waals surface area (Å²) in [6.07, 6.45) is 18.2. The highest BCUT2D eigenvalue weighted by molar-refractivity contribution is 4.59. The van der Waals surface area contributed by atoms with Crippen molar-refractivity contribution in [2.75, 3.05) is 0 Å². The first kappa shape index (κ1) is 20.9. The normalized spacial score (nSPS) is 14.3. The van der Waals surface area contributed by atoms with Gasteiger partial charge < -0.3 is 10.2 Å². The van der Waals surface area contributed by atoms with E-state index in [9.17, 15) is 5.11 Å². The second-order valence-electron chi connectivity index (χ2n) is 6.76. The average molecular weight is 301 g/mol. The quantitative estimate of drug-likeness (QED) is 0.364. The molecule has 0 amide bonds. The molecule has 0 saturated heterocycles. The average Bonchev–Trinajstić information content (AvgIpc) is 2.46. The molecule has 0 aromatic rings. The van der Waals surface area contributed by atoms with Crippen LogP contribution in [0.15, 0.2) is 0 Å². The van der Waals surface area contributed by atoms with Crippen molar-refractivity contribution in [1.29, 1.82) is 0 Å². The van der Waals surface area contributed by atoms with Crippen LogP contribution < -0.4 is 0 Å². The van der Waals surface area contributed by atoms with Crippen LogP contribution in [0.5, 0.6) is 0 Å². The Labute approximate surface area is 133 Å². The topological polar surface area (TPSA) is 40.5 Å². The van der Waals surface area contributed by atoms with Gasteiger partial charge in [-0.25, -0.2) is 0 Å². The van der Waals surface area contributed by atoms with Crippen molar-refractivity contribution in [1.82, 2.24) is 0 Å². The zero-order valence-corrected chi connectivity index (χ0v) is 14.7.